The molecular formula is C16H18F3IN2O3. The fraction of sp³-hybridized carbons (Fsp3) is 0.500. The van der Waals surface area contributed by atoms with Gasteiger partial charge in [0.05, 0.1) is 3.92 Å². The molecule has 1 N–H and O–H groups in total. The molecule has 0 radical (unpaired) electrons. The van der Waals surface area contributed by atoms with Crippen LogP contribution in [0.25, 0.3) is 0 Å². The van der Waals surface area contributed by atoms with Crippen molar-refractivity contribution in [2.45, 2.75) is 41.8 Å². The lowest BCUT2D eigenvalue weighted by Gasteiger charge is -2.33. The number of carbonyl (C=O) groups excluding carboxylic acids is 2. The zero-order chi connectivity index (χ0) is 18.6. The fourth-order valence-electron chi connectivity index (χ4n) is 2.71. The van der Waals surface area contributed by atoms with Gasteiger partial charge >= 0.3 is 12.1 Å². The second-order valence-electron chi connectivity index (χ2n) is 5.70. The molecule has 1 heterocycles. The number of methoxy groups -OCH3 is 1. The zero-order valence-electron chi connectivity index (χ0n) is 13.4. The number of hydrogen-bond acceptors (Lipinski definition) is 3. The van der Waals surface area contributed by atoms with Gasteiger partial charge < -0.3 is 15.0 Å². The van der Waals surface area contributed by atoms with Crippen molar-refractivity contribution in [3.05, 3.63) is 35.9 Å². The first-order valence-corrected chi connectivity index (χ1v) is 8.87. The Morgan fingerprint density at radius 1 is 1.32 bits per heavy atom. The molecule has 2 amide bonds. The molecule has 1 aromatic rings. The van der Waals surface area contributed by atoms with Crippen molar-refractivity contribution in [2.24, 2.45) is 0 Å². The van der Waals surface area contributed by atoms with E-state index in [-0.39, 0.29) is 16.9 Å². The van der Waals surface area contributed by atoms with Gasteiger partial charge in [-0.1, -0.05) is 52.9 Å². The highest BCUT2D eigenvalue weighted by Crippen LogP contribution is 2.27. The average Bonchev–Trinajstić information content (AvgIpc) is 2.67. The van der Waals surface area contributed by atoms with Crippen LogP contribution >= 0.6 is 22.6 Å². The lowest BCUT2D eigenvalue weighted by atomic mass is 10.1. The van der Waals surface area contributed by atoms with Crippen molar-refractivity contribution in [1.82, 2.24) is 10.2 Å². The molecule has 0 saturated carbocycles. The number of alkyl halides is 4. The van der Waals surface area contributed by atoms with E-state index >= 15 is 0 Å². The van der Waals surface area contributed by atoms with E-state index in [2.05, 4.69) is 22.6 Å². The van der Waals surface area contributed by atoms with Crippen LogP contribution in [0.1, 0.15) is 18.4 Å². The first-order valence-electron chi connectivity index (χ1n) is 7.63. The average molecular weight is 470 g/mol. The maximum Gasteiger partial charge on any atom is 0.471 e. The SMILES string of the molecule is CO[C@H]1[C@H](I)CC[C@H](NC(=O)C(F)(F)F)C(=O)N1Cc1ccccc1. The van der Waals surface area contributed by atoms with E-state index in [0.717, 1.165) is 5.56 Å². The molecule has 25 heavy (non-hydrogen) atoms. The zero-order valence-corrected chi connectivity index (χ0v) is 15.6. The van der Waals surface area contributed by atoms with Crippen LogP contribution in [-0.2, 0) is 20.9 Å². The summed E-state index contributed by atoms with van der Waals surface area (Å²) in [6, 6.07) is 7.85. The number of nitrogens with zero attached hydrogens (tertiary/aromatic N) is 1. The molecule has 1 fully saturated rings. The predicted octanol–water partition coefficient (Wildman–Crippen LogP) is 2.63. The minimum Gasteiger partial charge on any atom is -0.360 e. The summed E-state index contributed by atoms with van der Waals surface area (Å²) in [5.41, 5.74) is 0.823. The normalized spacial score (nSPS) is 24.8. The van der Waals surface area contributed by atoms with Crippen molar-refractivity contribution in [3.63, 3.8) is 0 Å². The largest absolute Gasteiger partial charge is 0.471 e. The van der Waals surface area contributed by atoms with E-state index in [9.17, 15) is 22.8 Å². The van der Waals surface area contributed by atoms with Crippen LogP contribution in [-0.4, -0.2) is 46.2 Å². The lowest BCUT2D eigenvalue weighted by molar-refractivity contribution is -0.175. The number of benzene rings is 1. The third-order valence-corrected chi connectivity index (χ3v) is 5.17. The maximum absolute atomic E-state index is 12.8. The third kappa shape index (κ3) is 5.06. The van der Waals surface area contributed by atoms with Gasteiger partial charge in [0.25, 0.3) is 0 Å². The molecule has 3 atom stereocenters. The van der Waals surface area contributed by atoms with Crippen molar-refractivity contribution in [3.8, 4) is 0 Å². The Labute approximate surface area is 157 Å². The summed E-state index contributed by atoms with van der Waals surface area (Å²) in [6.07, 6.45) is -5.04. The second-order valence-corrected chi connectivity index (χ2v) is 7.30. The number of ether oxygens (including phenoxy) is 1. The van der Waals surface area contributed by atoms with Crippen LogP contribution in [0.5, 0.6) is 0 Å². The molecule has 5 nitrogen and oxygen atoms in total. The van der Waals surface area contributed by atoms with Crippen LogP contribution in [0.15, 0.2) is 30.3 Å². The molecule has 1 saturated heterocycles. The van der Waals surface area contributed by atoms with Crippen LogP contribution in [0.4, 0.5) is 13.2 Å². The van der Waals surface area contributed by atoms with Gasteiger partial charge in [-0.25, -0.2) is 0 Å². The van der Waals surface area contributed by atoms with Gasteiger partial charge in [-0.3, -0.25) is 9.59 Å². The van der Waals surface area contributed by atoms with E-state index in [4.69, 9.17) is 4.74 Å². The summed E-state index contributed by atoms with van der Waals surface area (Å²) in [4.78, 5) is 25.4. The molecule has 1 aliphatic heterocycles. The minimum absolute atomic E-state index is 0.108. The number of nitrogens with one attached hydrogen (secondary N) is 1. The molecule has 138 valence electrons. The molecule has 2 rings (SSSR count). The van der Waals surface area contributed by atoms with Crippen molar-refractivity contribution < 1.29 is 27.5 Å². The van der Waals surface area contributed by atoms with Crippen LogP contribution in [0, 0.1) is 0 Å². The first kappa shape index (κ1) is 20.0. The fourth-order valence-corrected chi connectivity index (χ4v) is 3.75. The van der Waals surface area contributed by atoms with Crippen LogP contribution in [0.2, 0.25) is 0 Å². The standard InChI is InChI=1S/C16H18F3IN2O3/c1-25-14-11(20)7-8-12(21-15(24)16(17,18)19)13(23)22(14)9-10-5-3-2-4-6-10/h2-6,11-12,14H,7-9H2,1H3,(H,21,24)/t11-,12+,14+/m1/s1. The maximum atomic E-state index is 12.8. The number of amides is 2. The highest BCUT2D eigenvalue weighted by molar-refractivity contribution is 14.1. The highest BCUT2D eigenvalue weighted by atomic mass is 127. The van der Waals surface area contributed by atoms with Gasteiger partial charge in [-0.2, -0.15) is 13.2 Å². The Morgan fingerprint density at radius 2 is 1.96 bits per heavy atom. The number of halogens is 4. The van der Waals surface area contributed by atoms with Gasteiger partial charge in [0.2, 0.25) is 5.91 Å². The summed E-state index contributed by atoms with van der Waals surface area (Å²) in [5, 5.41) is 1.82. The van der Waals surface area contributed by atoms with Crippen molar-refractivity contribution >= 4 is 34.4 Å². The van der Waals surface area contributed by atoms with Gasteiger partial charge in [-0.15, -0.1) is 0 Å². The van der Waals surface area contributed by atoms with Crippen molar-refractivity contribution in [1.29, 1.82) is 0 Å². The van der Waals surface area contributed by atoms with Gasteiger partial charge in [0, 0.05) is 13.7 Å². The van der Waals surface area contributed by atoms with Gasteiger partial charge in [-0.05, 0) is 18.4 Å². The molecule has 1 aromatic carbocycles. The van der Waals surface area contributed by atoms with Gasteiger partial charge in [0.15, 0.2) is 0 Å². The number of carbonyl (C=O) groups is 2. The van der Waals surface area contributed by atoms with E-state index in [1.54, 1.807) is 0 Å². The first-order chi connectivity index (χ1) is 11.7. The Morgan fingerprint density at radius 3 is 2.52 bits per heavy atom. The highest BCUT2D eigenvalue weighted by Gasteiger charge is 2.44. The molecule has 1 aliphatic rings. The number of rotatable bonds is 4. The molecule has 0 unspecified atom stereocenters. The number of hydrogen-bond donors (Lipinski definition) is 1. The Balaban J connectivity index is 2.24. The molecular weight excluding hydrogens is 452 g/mol. The van der Waals surface area contributed by atoms with E-state index < -0.39 is 30.3 Å². The van der Waals surface area contributed by atoms with Crippen LogP contribution < -0.4 is 5.32 Å². The monoisotopic (exact) mass is 470 g/mol. The summed E-state index contributed by atoms with van der Waals surface area (Å²) in [6.45, 7) is 0.191. The smallest absolute Gasteiger partial charge is 0.360 e. The molecule has 0 spiro atoms. The summed E-state index contributed by atoms with van der Waals surface area (Å²) in [5.74, 6) is -2.68. The molecule has 0 bridgehead atoms. The van der Waals surface area contributed by atoms with E-state index in [1.807, 2.05) is 35.6 Å². The third-order valence-electron chi connectivity index (χ3n) is 3.93. The Kier molecular flexibility index (Phi) is 6.66. The number of likely N-dealkylation sites (tertiary alicyclic amines) is 1. The molecule has 9 heteroatoms. The van der Waals surface area contributed by atoms with E-state index in [0.29, 0.717) is 6.42 Å². The van der Waals surface area contributed by atoms with Gasteiger partial charge in [0.1, 0.15) is 12.3 Å². The summed E-state index contributed by atoms with van der Waals surface area (Å²) >= 11 is 2.12. The summed E-state index contributed by atoms with van der Waals surface area (Å²) in [7, 11) is 1.45. The topological polar surface area (TPSA) is 58.6 Å². The van der Waals surface area contributed by atoms with Crippen molar-refractivity contribution in [2.75, 3.05) is 7.11 Å². The molecule has 0 aromatic heterocycles. The molecule has 0 aliphatic carbocycles. The Bertz CT molecular complexity index is 612. The minimum atomic E-state index is -5.03. The predicted molar refractivity (Wildman–Crippen MR) is 92.8 cm³/mol. The van der Waals surface area contributed by atoms with E-state index in [1.165, 1.54) is 12.0 Å². The second kappa shape index (κ2) is 8.35. The Hall–Kier alpha value is -1.36. The quantitative estimate of drug-likeness (QED) is 0.544. The van der Waals surface area contributed by atoms with Crippen LogP contribution in [0.3, 0.4) is 0 Å². The summed E-state index contributed by atoms with van der Waals surface area (Å²) < 4.78 is 42.9. The lowest BCUT2D eigenvalue weighted by Crippen LogP contribution is -2.53.